The van der Waals surface area contributed by atoms with Gasteiger partial charge < -0.3 is 10.1 Å². The highest BCUT2D eigenvalue weighted by Gasteiger charge is 2.32. The summed E-state index contributed by atoms with van der Waals surface area (Å²) in [6, 6.07) is 8.84. The zero-order valence-electron chi connectivity index (χ0n) is 12.2. The third-order valence-corrected chi connectivity index (χ3v) is 3.92. The van der Waals surface area contributed by atoms with Crippen molar-refractivity contribution in [2.45, 2.75) is 19.3 Å². The fourth-order valence-corrected chi connectivity index (χ4v) is 2.78. The van der Waals surface area contributed by atoms with E-state index < -0.39 is 17.7 Å². The van der Waals surface area contributed by atoms with Gasteiger partial charge in [0.05, 0.1) is 5.92 Å². The summed E-state index contributed by atoms with van der Waals surface area (Å²) in [4.78, 5) is 24.2. The minimum Gasteiger partial charge on any atom is -0.426 e. The number of amides is 1. The predicted octanol–water partition coefficient (Wildman–Crippen LogP) is 3.82. The molecule has 0 saturated carbocycles. The number of anilines is 1. The summed E-state index contributed by atoms with van der Waals surface area (Å²) in [6.07, 6.45) is -0.0376. The molecule has 1 heterocycles. The number of aryl methyl sites for hydroxylation is 1. The van der Waals surface area contributed by atoms with Crippen molar-refractivity contribution in [1.82, 2.24) is 0 Å². The first-order valence-corrected chi connectivity index (χ1v) is 7.39. The Kier molecular flexibility index (Phi) is 4.05. The van der Waals surface area contributed by atoms with Crippen LogP contribution in [-0.4, -0.2) is 11.9 Å². The third kappa shape index (κ3) is 3.19. The van der Waals surface area contributed by atoms with Crippen molar-refractivity contribution in [3.63, 3.8) is 0 Å². The molecule has 2 aromatic rings. The van der Waals surface area contributed by atoms with Gasteiger partial charge in [0.25, 0.3) is 0 Å². The average molecular weight is 334 g/mol. The van der Waals surface area contributed by atoms with Gasteiger partial charge in [-0.25, -0.2) is 4.39 Å². The van der Waals surface area contributed by atoms with E-state index in [0.717, 1.165) is 0 Å². The third-order valence-electron chi connectivity index (χ3n) is 3.69. The van der Waals surface area contributed by atoms with Crippen LogP contribution in [0.2, 0.25) is 5.02 Å². The van der Waals surface area contributed by atoms with E-state index in [4.69, 9.17) is 16.3 Å². The van der Waals surface area contributed by atoms with Crippen LogP contribution in [0.3, 0.4) is 0 Å². The van der Waals surface area contributed by atoms with Crippen molar-refractivity contribution in [3.8, 4) is 5.75 Å². The summed E-state index contributed by atoms with van der Waals surface area (Å²) in [5, 5.41) is 3.11. The van der Waals surface area contributed by atoms with Gasteiger partial charge >= 0.3 is 5.97 Å². The Morgan fingerprint density at radius 3 is 2.83 bits per heavy atom. The van der Waals surface area contributed by atoms with E-state index in [1.54, 1.807) is 25.1 Å². The SMILES string of the molecule is Cc1cc(Cl)ccc1OC(=O)C1CC(=O)Nc2cc(F)ccc21. The van der Waals surface area contributed by atoms with E-state index in [1.165, 1.54) is 18.2 Å². The van der Waals surface area contributed by atoms with Crippen LogP contribution in [0, 0.1) is 12.7 Å². The highest BCUT2D eigenvalue weighted by molar-refractivity contribution is 6.30. The van der Waals surface area contributed by atoms with Crippen LogP contribution in [0.5, 0.6) is 5.75 Å². The number of benzene rings is 2. The number of fused-ring (bicyclic) bond motifs is 1. The molecule has 1 amide bonds. The summed E-state index contributed by atoms with van der Waals surface area (Å²) < 4.78 is 18.7. The maximum atomic E-state index is 13.3. The minimum absolute atomic E-state index is 0.0376. The van der Waals surface area contributed by atoms with Crippen molar-refractivity contribution < 1.29 is 18.7 Å². The largest absolute Gasteiger partial charge is 0.426 e. The molecule has 23 heavy (non-hydrogen) atoms. The van der Waals surface area contributed by atoms with Crippen LogP contribution < -0.4 is 10.1 Å². The number of nitrogens with one attached hydrogen (secondary N) is 1. The fourth-order valence-electron chi connectivity index (χ4n) is 2.55. The monoisotopic (exact) mass is 333 g/mol. The maximum absolute atomic E-state index is 13.3. The molecule has 6 heteroatoms. The molecule has 118 valence electrons. The van der Waals surface area contributed by atoms with Gasteiger partial charge in [0.15, 0.2) is 0 Å². The second-order valence-electron chi connectivity index (χ2n) is 5.37. The zero-order valence-corrected chi connectivity index (χ0v) is 13.0. The number of hydrogen-bond donors (Lipinski definition) is 1. The number of ether oxygens (including phenoxy) is 1. The lowest BCUT2D eigenvalue weighted by atomic mass is 9.90. The summed E-state index contributed by atoms with van der Waals surface area (Å²) >= 11 is 5.87. The normalized spacial score (nSPS) is 16.5. The minimum atomic E-state index is -0.769. The van der Waals surface area contributed by atoms with Crippen molar-refractivity contribution in [2.75, 3.05) is 5.32 Å². The van der Waals surface area contributed by atoms with Gasteiger partial charge in [0.2, 0.25) is 5.91 Å². The second-order valence-corrected chi connectivity index (χ2v) is 5.80. The molecule has 0 bridgehead atoms. The lowest BCUT2D eigenvalue weighted by molar-refractivity contribution is -0.138. The van der Waals surface area contributed by atoms with Crippen molar-refractivity contribution >= 4 is 29.2 Å². The topological polar surface area (TPSA) is 55.4 Å². The Bertz CT molecular complexity index is 806. The quantitative estimate of drug-likeness (QED) is 0.671. The lowest BCUT2D eigenvalue weighted by Gasteiger charge is -2.24. The zero-order chi connectivity index (χ0) is 16.6. The number of esters is 1. The van der Waals surface area contributed by atoms with Gasteiger partial charge in [-0.3, -0.25) is 9.59 Å². The number of carbonyl (C=O) groups is 2. The maximum Gasteiger partial charge on any atom is 0.319 e. The van der Waals surface area contributed by atoms with Gasteiger partial charge in [-0.05, 0) is 48.4 Å². The first kappa shape index (κ1) is 15.5. The number of rotatable bonds is 2. The molecular formula is C17H13ClFNO3. The molecule has 0 radical (unpaired) electrons. The molecule has 1 unspecified atom stereocenters. The van der Waals surface area contributed by atoms with E-state index in [0.29, 0.717) is 27.6 Å². The van der Waals surface area contributed by atoms with Crippen LogP contribution in [0.15, 0.2) is 36.4 Å². The summed E-state index contributed by atoms with van der Waals surface area (Å²) in [6.45, 7) is 1.77. The molecule has 1 atom stereocenters. The Morgan fingerprint density at radius 2 is 2.09 bits per heavy atom. The molecule has 3 rings (SSSR count). The molecule has 2 aromatic carbocycles. The van der Waals surface area contributed by atoms with Crippen molar-refractivity contribution in [1.29, 1.82) is 0 Å². The Hall–Kier alpha value is -2.40. The molecule has 0 fully saturated rings. The molecule has 1 aliphatic heterocycles. The highest BCUT2D eigenvalue weighted by Crippen LogP contribution is 2.34. The average Bonchev–Trinajstić information content (AvgIpc) is 2.48. The first-order chi connectivity index (χ1) is 10.9. The van der Waals surface area contributed by atoms with Gasteiger partial charge in [-0.15, -0.1) is 0 Å². The van der Waals surface area contributed by atoms with E-state index in [9.17, 15) is 14.0 Å². The Labute approximate surface area is 137 Å². The van der Waals surface area contributed by atoms with Crippen molar-refractivity contribution in [2.24, 2.45) is 0 Å². The van der Waals surface area contributed by atoms with E-state index in [-0.39, 0.29) is 12.3 Å². The lowest BCUT2D eigenvalue weighted by Crippen LogP contribution is -2.30. The molecule has 0 aromatic heterocycles. The van der Waals surface area contributed by atoms with Gasteiger partial charge in [0, 0.05) is 17.1 Å². The predicted molar refractivity (Wildman–Crippen MR) is 84.2 cm³/mol. The Morgan fingerprint density at radius 1 is 1.30 bits per heavy atom. The Balaban J connectivity index is 1.89. The standard InChI is InChI=1S/C17H13ClFNO3/c1-9-6-10(18)2-5-15(9)23-17(22)13-8-16(21)20-14-7-11(19)3-4-12(13)14/h2-7,13H,8H2,1H3,(H,20,21). The second kappa shape index (κ2) is 6.01. The van der Waals surface area contributed by atoms with Gasteiger partial charge in [-0.1, -0.05) is 17.7 Å². The smallest absolute Gasteiger partial charge is 0.319 e. The van der Waals surface area contributed by atoms with Gasteiger partial charge in [-0.2, -0.15) is 0 Å². The van der Waals surface area contributed by atoms with Crippen LogP contribution in [-0.2, 0) is 9.59 Å². The molecular weight excluding hydrogens is 321 g/mol. The summed E-state index contributed by atoms with van der Waals surface area (Å²) in [5.41, 5.74) is 1.56. The fraction of sp³-hybridized carbons (Fsp3) is 0.176. The van der Waals surface area contributed by atoms with E-state index >= 15 is 0 Å². The van der Waals surface area contributed by atoms with Crippen molar-refractivity contribution in [3.05, 3.63) is 58.4 Å². The number of carbonyl (C=O) groups excluding carboxylic acids is 2. The van der Waals surface area contributed by atoms with Crippen LogP contribution in [0.1, 0.15) is 23.5 Å². The van der Waals surface area contributed by atoms with Crippen LogP contribution >= 0.6 is 11.6 Å². The number of halogens is 2. The molecule has 0 spiro atoms. The number of hydrogen-bond acceptors (Lipinski definition) is 3. The molecule has 4 nitrogen and oxygen atoms in total. The highest BCUT2D eigenvalue weighted by atomic mass is 35.5. The molecule has 1 N–H and O–H groups in total. The molecule has 1 aliphatic rings. The van der Waals surface area contributed by atoms with E-state index in [2.05, 4.69) is 5.32 Å². The summed E-state index contributed by atoms with van der Waals surface area (Å²) in [5.74, 6) is -1.77. The van der Waals surface area contributed by atoms with Crippen LogP contribution in [0.25, 0.3) is 0 Å². The van der Waals surface area contributed by atoms with Gasteiger partial charge in [0.1, 0.15) is 11.6 Å². The van der Waals surface area contributed by atoms with Crippen LogP contribution in [0.4, 0.5) is 10.1 Å². The first-order valence-electron chi connectivity index (χ1n) is 7.01. The summed E-state index contributed by atoms with van der Waals surface area (Å²) in [7, 11) is 0. The molecule has 0 aliphatic carbocycles. The van der Waals surface area contributed by atoms with E-state index in [1.807, 2.05) is 0 Å². The molecule has 0 saturated heterocycles.